The molecule has 0 fully saturated rings. The van der Waals surface area contributed by atoms with Gasteiger partial charge in [0.1, 0.15) is 5.75 Å². The summed E-state index contributed by atoms with van der Waals surface area (Å²) in [5.41, 5.74) is 1.56. The number of phenolic OH excluding ortho intramolecular Hbond substituents is 1. The lowest BCUT2D eigenvalue weighted by atomic mass is 10.2. The minimum Gasteiger partial charge on any atom is -0.507 e. The normalized spacial score (nSPS) is 10.8. The number of aromatic amines is 1. The van der Waals surface area contributed by atoms with Crippen molar-refractivity contribution in [1.82, 2.24) is 9.88 Å². The molecule has 2 N–H and O–H groups in total. The fraction of sp³-hybridized carbons (Fsp3) is 0.118. The van der Waals surface area contributed by atoms with Gasteiger partial charge >= 0.3 is 0 Å². The molecule has 5 heteroatoms. The fourth-order valence-corrected chi connectivity index (χ4v) is 3.23. The number of hydrogen-bond donors (Lipinski definition) is 2. The lowest BCUT2D eigenvalue weighted by Gasteiger charge is -2.16. The summed E-state index contributed by atoms with van der Waals surface area (Å²) in [6.07, 6.45) is 1.86. The molecule has 2 aromatic carbocycles. The molecule has 0 saturated heterocycles. The van der Waals surface area contributed by atoms with E-state index in [1.807, 2.05) is 30.5 Å². The number of benzene rings is 2. The average molecular weight is 312 g/mol. The summed E-state index contributed by atoms with van der Waals surface area (Å²) in [6, 6.07) is 14.6. The maximum atomic E-state index is 12.3. The summed E-state index contributed by atoms with van der Waals surface area (Å²) in [5, 5.41) is 10.8. The Morgan fingerprint density at radius 2 is 1.95 bits per heavy atom. The smallest absolute Gasteiger partial charge is 0.254 e. The molecule has 0 atom stereocenters. The highest BCUT2D eigenvalue weighted by molar-refractivity contribution is 7.99. The number of phenols is 1. The lowest BCUT2D eigenvalue weighted by molar-refractivity contribution is 0.0820. The third kappa shape index (κ3) is 2.80. The van der Waals surface area contributed by atoms with Crippen LogP contribution in [0.15, 0.2) is 59.6 Å². The van der Waals surface area contributed by atoms with Crippen molar-refractivity contribution in [2.45, 2.75) is 4.90 Å². The first kappa shape index (κ1) is 14.5. The number of amides is 1. The molecule has 0 aliphatic rings. The Bertz CT molecular complexity index is 799. The number of nitrogens with zero attached hydrogens (tertiary/aromatic N) is 1. The summed E-state index contributed by atoms with van der Waals surface area (Å²) in [7, 11) is 1.77. The predicted molar refractivity (Wildman–Crippen MR) is 89.2 cm³/mol. The zero-order valence-electron chi connectivity index (χ0n) is 12.1. The van der Waals surface area contributed by atoms with Crippen molar-refractivity contribution in [3.05, 3.63) is 60.3 Å². The molecule has 0 aliphatic carbocycles. The number of aromatic nitrogens is 1. The van der Waals surface area contributed by atoms with Gasteiger partial charge in [0.15, 0.2) is 0 Å². The minimum atomic E-state index is -0.0165. The molecule has 3 aromatic rings. The van der Waals surface area contributed by atoms with Gasteiger partial charge < -0.3 is 15.0 Å². The Morgan fingerprint density at radius 1 is 1.18 bits per heavy atom. The summed E-state index contributed by atoms with van der Waals surface area (Å²) in [5.74, 6) is 0.741. The van der Waals surface area contributed by atoms with Crippen LogP contribution in [0.3, 0.4) is 0 Å². The van der Waals surface area contributed by atoms with Gasteiger partial charge in [-0.05, 0) is 24.3 Å². The third-order valence-corrected chi connectivity index (χ3v) is 4.58. The predicted octanol–water partition coefficient (Wildman–Crippen LogP) is 3.70. The van der Waals surface area contributed by atoms with Crippen LogP contribution in [0, 0.1) is 0 Å². The molecule has 0 saturated carbocycles. The Morgan fingerprint density at radius 3 is 2.73 bits per heavy atom. The highest BCUT2D eigenvalue weighted by Crippen LogP contribution is 2.34. The Hall–Kier alpha value is -2.40. The molecule has 0 radical (unpaired) electrons. The van der Waals surface area contributed by atoms with Crippen molar-refractivity contribution in [3.8, 4) is 5.75 Å². The van der Waals surface area contributed by atoms with Crippen molar-refractivity contribution in [3.63, 3.8) is 0 Å². The van der Waals surface area contributed by atoms with Gasteiger partial charge in [0.2, 0.25) is 0 Å². The zero-order valence-corrected chi connectivity index (χ0v) is 12.9. The summed E-state index contributed by atoms with van der Waals surface area (Å²) in [6.45, 7) is 0. The highest BCUT2D eigenvalue weighted by atomic mass is 32.2. The second-order valence-electron chi connectivity index (χ2n) is 5.00. The van der Waals surface area contributed by atoms with E-state index < -0.39 is 0 Å². The minimum absolute atomic E-state index is 0.0165. The molecule has 0 aliphatic heterocycles. The standard InChI is InChI=1S/C17H16N2O2S/c1-19(17(21)12-6-3-2-4-7-12)11-22-15-10-18-13-8-5-9-14(20)16(13)15/h2-10,18,20H,11H2,1H3. The van der Waals surface area contributed by atoms with Crippen LogP contribution in [0.5, 0.6) is 5.75 Å². The number of thioether (sulfide) groups is 1. The quantitative estimate of drug-likeness (QED) is 0.570. The first-order valence-corrected chi connectivity index (χ1v) is 7.88. The van der Waals surface area contributed by atoms with Crippen molar-refractivity contribution in [2.75, 3.05) is 12.9 Å². The Labute approximate surface area is 132 Å². The lowest BCUT2D eigenvalue weighted by Crippen LogP contribution is -2.26. The molecular weight excluding hydrogens is 296 g/mol. The molecule has 0 spiro atoms. The van der Waals surface area contributed by atoms with Gasteiger partial charge in [-0.2, -0.15) is 0 Å². The van der Waals surface area contributed by atoms with Crippen LogP contribution in [0.25, 0.3) is 10.9 Å². The van der Waals surface area contributed by atoms with Crippen LogP contribution in [-0.2, 0) is 0 Å². The van der Waals surface area contributed by atoms with Crippen LogP contribution >= 0.6 is 11.8 Å². The number of carbonyl (C=O) groups excluding carboxylic acids is 1. The first-order chi connectivity index (χ1) is 10.7. The number of nitrogens with one attached hydrogen (secondary N) is 1. The topological polar surface area (TPSA) is 56.3 Å². The Balaban J connectivity index is 1.73. The molecule has 4 nitrogen and oxygen atoms in total. The van der Waals surface area contributed by atoms with E-state index in [-0.39, 0.29) is 11.7 Å². The maximum Gasteiger partial charge on any atom is 0.254 e. The van der Waals surface area contributed by atoms with Crippen molar-refractivity contribution < 1.29 is 9.90 Å². The van der Waals surface area contributed by atoms with Crippen molar-refractivity contribution >= 4 is 28.6 Å². The second kappa shape index (κ2) is 6.15. The molecule has 0 unspecified atom stereocenters. The van der Waals surface area contributed by atoms with E-state index in [2.05, 4.69) is 4.98 Å². The third-order valence-electron chi connectivity index (χ3n) is 3.43. The van der Waals surface area contributed by atoms with Crippen LogP contribution in [0.2, 0.25) is 0 Å². The van der Waals surface area contributed by atoms with Gasteiger partial charge in [-0.1, -0.05) is 24.3 Å². The van der Waals surface area contributed by atoms with Gasteiger partial charge in [-0.25, -0.2) is 0 Å². The van der Waals surface area contributed by atoms with Gasteiger partial charge in [0, 0.05) is 23.7 Å². The number of aromatic hydroxyl groups is 1. The first-order valence-electron chi connectivity index (χ1n) is 6.89. The van der Waals surface area contributed by atoms with E-state index in [1.165, 1.54) is 11.8 Å². The molecule has 1 amide bonds. The van der Waals surface area contributed by atoms with E-state index in [0.29, 0.717) is 11.4 Å². The summed E-state index contributed by atoms with van der Waals surface area (Å²) < 4.78 is 0. The molecule has 0 bridgehead atoms. The van der Waals surface area contributed by atoms with Crippen LogP contribution in [-0.4, -0.2) is 33.8 Å². The zero-order chi connectivity index (χ0) is 15.5. The maximum absolute atomic E-state index is 12.3. The average Bonchev–Trinajstić information content (AvgIpc) is 2.97. The van der Waals surface area contributed by atoms with Gasteiger partial charge in [-0.15, -0.1) is 11.8 Å². The highest BCUT2D eigenvalue weighted by Gasteiger charge is 2.13. The van der Waals surface area contributed by atoms with Crippen LogP contribution < -0.4 is 0 Å². The van der Waals surface area contributed by atoms with E-state index in [9.17, 15) is 9.90 Å². The van der Waals surface area contributed by atoms with E-state index in [0.717, 1.165) is 15.8 Å². The van der Waals surface area contributed by atoms with Crippen molar-refractivity contribution in [1.29, 1.82) is 0 Å². The molecule has 3 rings (SSSR count). The Kier molecular flexibility index (Phi) is 4.06. The molecule has 1 heterocycles. The number of hydrogen-bond acceptors (Lipinski definition) is 3. The molecule has 112 valence electrons. The van der Waals surface area contributed by atoms with Crippen LogP contribution in [0.1, 0.15) is 10.4 Å². The number of carbonyl (C=O) groups is 1. The van der Waals surface area contributed by atoms with Crippen LogP contribution in [0.4, 0.5) is 0 Å². The molecular formula is C17H16N2O2S. The summed E-state index contributed by atoms with van der Waals surface area (Å²) in [4.78, 5) is 18.0. The second-order valence-corrected chi connectivity index (χ2v) is 5.98. The summed E-state index contributed by atoms with van der Waals surface area (Å²) >= 11 is 1.52. The number of H-pyrrole nitrogens is 1. The SMILES string of the molecule is CN(CSc1c[nH]c2cccc(O)c12)C(=O)c1ccccc1. The number of fused-ring (bicyclic) bond motifs is 1. The van der Waals surface area contributed by atoms with E-state index >= 15 is 0 Å². The molecule has 1 aromatic heterocycles. The monoisotopic (exact) mass is 312 g/mol. The molecule has 22 heavy (non-hydrogen) atoms. The van der Waals surface area contributed by atoms with Gasteiger partial charge in [0.05, 0.1) is 16.8 Å². The fourth-order valence-electron chi connectivity index (χ4n) is 2.27. The van der Waals surface area contributed by atoms with E-state index in [1.54, 1.807) is 36.2 Å². The van der Waals surface area contributed by atoms with E-state index in [4.69, 9.17) is 0 Å². The van der Waals surface area contributed by atoms with Crippen molar-refractivity contribution in [2.24, 2.45) is 0 Å². The number of rotatable bonds is 4. The largest absolute Gasteiger partial charge is 0.507 e. The van der Waals surface area contributed by atoms with Gasteiger partial charge in [-0.3, -0.25) is 4.79 Å². The van der Waals surface area contributed by atoms with Gasteiger partial charge in [0.25, 0.3) is 5.91 Å².